The summed E-state index contributed by atoms with van der Waals surface area (Å²) in [6.45, 7) is 0. The lowest BCUT2D eigenvalue weighted by molar-refractivity contribution is -0.116. The van der Waals surface area contributed by atoms with Gasteiger partial charge in [0.25, 0.3) is 5.91 Å². The molecule has 8 heteroatoms. The first-order chi connectivity index (χ1) is 10.6. The lowest BCUT2D eigenvalue weighted by Gasteiger charge is -2.04. The molecular formula is C14H8Br2N4O2. The van der Waals surface area contributed by atoms with E-state index in [9.17, 15) is 9.90 Å². The molecule has 0 aliphatic carbocycles. The molecule has 1 amide bonds. The molecule has 0 saturated heterocycles. The van der Waals surface area contributed by atoms with Gasteiger partial charge in [-0.1, -0.05) is 0 Å². The van der Waals surface area contributed by atoms with E-state index in [0.29, 0.717) is 25.9 Å². The van der Waals surface area contributed by atoms with Gasteiger partial charge < -0.3 is 5.11 Å². The van der Waals surface area contributed by atoms with Gasteiger partial charge in [-0.15, -0.1) is 0 Å². The Kier molecular flexibility index (Phi) is 4.04. The fourth-order valence-corrected chi connectivity index (χ4v) is 3.15. The SMILES string of the molecule is O=C1NN=C(c2ccncn2)/C1=C\c1cc(Br)c(O)c(Br)c1. The summed E-state index contributed by atoms with van der Waals surface area (Å²) in [5.41, 5.74) is 4.55. The Morgan fingerprint density at radius 2 is 1.95 bits per heavy atom. The minimum absolute atomic E-state index is 0.0997. The Morgan fingerprint density at radius 1 is 1.23 bits per heavy atom. The number of aromatic hydroxyl groups is 1. The van der Waals surface area contributed by atoms with Crippen molar-refractivity contribution in [2.24, 2.45) is 5.10 Å². The second kappa shape index (κ2) is 5.98. The lowest BCUT2D eigenvalue weighted by Crippen LogP contribution is -2.14. The average molecular weight is 424 g/mol. The Balaban J connectivity index is 2.06. The summed E-state index contributed by atoms with van der Waals surface area (Å²) in [5.74, 6) is -0.211. The number of nitrogens with one attached hydrogen (secondary N) is 1. The van der Waals surface area contributed by atoms with Gasteiger partial charge in [0.2, 0.25) is 0 Å². The lowest BCUT2D eigenvalue weighted by atomic mass is 10.0. The van der Waals surface area contributed by atoms with Gasteiger partial charge in [0.1, 0.15) is 17.8 Å². The average Bonchev–Trinajstić information content (AvgIpc) is 2.87. The van der Waals surface area contributed by atoms with Crippen LogP contribution in [0.3, 0.4) is 0 Å². The van der Waals surface area contributed by atoms with E-state index in [1.807, 2.05) is 0 Å². The highest BCUT2D eigenvalue weighted by molar-refractivity contribution is 9.11. The van der Waals surface area contributed by atoms with Crippen LogP contribution in [-0.4, -0.2) is 26.7 Å². The van der Waals surface area contributed by atoms with Crippen molar-refractivity contribution >= 4 is 49.6 Å². The number of hydrazone groups is 1. The molecule has 0 radical (unpaired) electrons. The fraction of sp³-hybridized carbons (Fsp3) is 0. The van der Waals surface area contributed by atoms with E-state index < -0.39 is 0 Å². The predicted molar refractivity (Wildman–Crippen MR) is 88.2 cm³/mol. The highest BCUT2D eigenvalue weighted by Gasteiger charge is 2.25. The second-order valence-electron chi connectivity index (χ2n) is 4.39. The third-order valence-corrected chi connectivity index (χ3v) is 4.15. The highest BCUT2D eigenvalue weighted by Crippen LogP contribution is 2.34. The van der Waals surface area contributed by atoms with Crippen LogP contribution >= 0.6 is 31.9 Å². The molecule has 110 valence electrons. The minimum atomic E-state index is -0.311. The zero-order valence-electron chi connectivity index (χ0n) is 10.9. The maximum atomic E-state index is 12.0. The number of halogens is 2. The Bertz CT molecular complexity index is 796. The van der Waals surface area contributed by atoms with Crippen LogP contribution in [0.4, 0.5) is 0 Å². The van der Waals surface area contributed by atoms with Crippen molar-refractivity contribution in [2.75, 3.05) is 0 Å². The number of carbonyl (C=O) groups excluding carboxylic acids is 1. The van der Waals surface area contributed by atoms with E-state index in [0.717, 1.165) is 5.56 Å². The zero-order valence-corrected chi connectivity index (χ0v) is 14.1. The predicted octanol–water partition coefficient (Wildman–Crippen LogP) is 2.62. The van der Waals surface area contributed by atoms with Crippen molar-refractivity contribution in [1.29, 1.82) is 0 Å². The maximum Gasteiger partial charge on any atom is 0.273 e. The van der Waals surface area contributed by atoms with Crippen molar-refractivity contribution in [3.05, 3.63) is 56.5 Å². The van der Waals surface area contributed by atoms with E-state index in [4.69, 9.17) is 0 Å². The first-order valence-corrected chi connectivity index (χ1v) is 7.69. The number of carbonyl (C=O) groups is 1. The fourth-order valence-electron chi connectivity index (χ4n) is 1.93. The van der Waals surface area contributed by atoms with Crippen LogP contribution in [-0.2, 0) is 4.79 Å². The standard InChI is InChI=1S/C14H8Br2N4O2/c15-9-4-7(5-10(16)13(9)21)3-8-12(19-20-14(8)22)11-1-2-17-6-18-11/h1-6,21H,(H,20,22)/b8-3+. The maximum absolute atomic E-state index is 12.0. The molecule has 0 spiro atoms. The smallest absolute Gasteiger partial charge is 0.273 e. The molecule has 0 saturated carbocycles. The molecule has 2 N–H and O–H groups in total. The number of amides is 1. The van der Waals surface area contributed by atoms with Gasteiger partial charge in [0.15, 0.2) is 0 Å². The molecule has 1 aliphatic heterocycles. The van der Waals surface area contributed by atoms with Crippen LogP contribution in [0, 0.1) is 0 Å². The van der Waals surface area contributed by atoms with Gasteiger partial charge in [0, 0.05) is 6.20 Å². The molecule has 0 atom stereocenters. The highest BCUT2D eigenvalue weighted by atomic mass is 79.9. The van der Waals surface area contributed by atoms with Crippen LogP contribution in [0.15, 0.2) is 50.3 Å². The van der Waals surface area contributed by atoms with Gasteiger partial charge in [-0.3, -0.25) is 4.79 Å². The van der Waals surface area contributed by atoms with Crippen LogP contribution in [0.2, 0.25) is 0 Å². The molecule has 1 aliphatic rings. The van der Waals surface area contributed by atoms with Crippen molar-refractivity contribution in [1.82, 2.24) is 15.4 Å². The van der Waals surface area contributed by atoms with Crippen LogP contribution in [0.5, 0.6) is 5.75 Å². The normalized spacial score (nSPS) is 15.8. The van der Waals surface area contributed by atoms with Gasteiger partial charge in [-0.2, -0.15) is 5.10 Å². The number of phenolic OH excluding ortho intramolecular Hbond substituents is 1. The number of aromatic nitrogens is 2. The quantitative estimate of drug-likeness (QED) is 0.726. The number of phenols is 1. The molecule has 0 unspecified atom stereocenters. The summed E-state index contributed by atoms with van der Waals surface area (Å²) in [7, 11) is 0. The van der Waals surface area contributed by atoms with E-state index >= 15 is 0 Å². The minimum Gasteiger partial charge on any atom is -0.506 e. The number of hydrogen-bond donors (Lipinski definition) is 2. The molecule has 6 nitrogen and oxygen atoms in total. The Morgan fingerprint density at radius 3 is 2.59 bits per heavy atom. The third-order valence-electron chi connectivity index (χ3n) is 2.94. The zero-order chi connectivity index (χ0) is 15.7. The largest absolute Gasteiger partial charge is 0.506 e. The first kappa shape index (κ1) is 14.9. The number of hydrogen-bond acceptors (Lipinski definition) is 5. The molecule has 3 rings (SSSR count). The molecule has 2 aromatic rings. The molecule has 1 aromatic carbocycles. The first-order valence-electron chi connectivity index (χ1n) is 6.11. The van der Waals surface area contributed by atoms with Gasteiger partial charge in [0.05, 0.1) is 20.2 Å². The van der Waals surface area contributed by atoms with Gasteiger partial charge in [-0.05, 0) is 61.7 Å². The number of rotatable bonds is 2. The van der Waals surface area contributed by atoms with Crippen molar-refractivity contribution < 1.29 is 9.90 Å². The van der Waals surface area contributed by atoms with Crippen molar-refractivity contribution in [3.63, 3.8) is 0 Å². The summed E-state index contributed by atoms with van der Waals surface area (Å²) < 4.78 is 1.04. The number of nitrogens with zero attached hydrogens (tertiary/aromatic N) is 3. The van der Waals surface area contributed by atoms with Crippen LogP contribution in [0.25, 0.3) is 6.08 Å². The Hall–Kier alpha value is -2.06. The summed E-state index contributed by atoms with van der Waals surface area (Å²) in [6.07, 6.45) is 4.66. The molecule has 2 heterocycles. The second-order valence-corrected chi connectivity index (χ2v) is 6.10. The molecule has 22 heavy (non-hydrogen) atoms. The van der Waals surface area contributed by atoms with E-state index in [2.05, 4.69) is 52.4 Å². The molecule has 1 aromatic heterocycles. The monoisotopic (exact) mass is 422 g/mol. The van der Waals surface area contributed by atoms with E-state index in [1.54, 1.807) is 30.5 Å². The summed E-state index contributed by atoms with van der Waals surface area (Å²) >= 11 is 6.52. The van der Waals surface area contributed by atoms with E-state index in [1.165, 1.54) is 6.33 Å². The van der Waals surface area contributed by atoms with Crippen LogP contribution < -0.4 is 5.43 Å². The van der Waals surface area contributed by atoms with Crippen molar-refractivity contribution in [2.45, 2.75) is 0 Å². The van der Waals surface area contributed by atoms with Crippen molar-refractivity contribution in [3.8, 4) is 5.75 Å². The summed E-state index contributed by atoms with van der Waals surface area (Å²) in [5, 5.41) is 13.8. The van der Waals surface area contributed by atoms with Gasteiger partial charge >= 0.3 is 0 Å². The number of benzene rings is 1. The summed E-state index contributed by atoms with van der Waals surface area (Å²) in [4.78, 5) is 19.9. The summed E-state index contributed by atoms with van der Waals surface area (Å²) in [6, 6.07) is 5.09. The third kappa shape index (κ3) is 2.79. The Labute approximate surface area is 142 Å². The van der Waals surface area contributed by atoms with Crippen LogP contribution in [0.1, 0.15) is 11.3 Å². The topological polar surface area (TPSA) is 87.5 Å². The molecule has 0 fully saturated rings. The van der Waals surface area contributed by atoms with E-state index in [-0.39, 0.29) is 11.7 Å². The molecule has 0 bridgehead atoms. The van der Waals surface area contributed by atoms with Gasteiger partial charge in [-0.25, -0.2) is 15.4 Å². The molecular weight excluding hydrogens is 416 g/mol.